The standard InChI is InChI=1S/C23H27ClFN3O6S/c1-15-12-28(16(2)11-27(15)13-17-3-6-19(25)7-4-17)22(29)14-34-20-8-5-18(24)9-21(20)35(32,33)26-10-23(30)31/h3-9,15-16,26H,10-14H2,1-2H3,(H,30,31). The second-order valence-electron chi connectivity index (χ2n) is 8.40. The third kappa shape index (κ3) is 7.14. The van der Waals surface area contributed by atoms with Gasteiger partial charge in [0.2, 0.25) is 10.0 Å². The van der Waals surface area contributed by atoms with Crippen LogP contribution in [0.25, 0.3) is 0 Å². The number of benzene rings is 2. The van der Waals surface area contributed by atoms with E-state index < -0.39 is 29.1 Å². The zero-order valence-corrected chi connectivity index (χ0v) is 20.9. The van der Waals surface area contributed by atoms with Gasteiger partial charge in [-0.1, -0.05) is 23.7 Å². The lowest BCUT2D eigenvalue weighted by Crippen LogP contribution is -2.58. The lowest BCUT2D eigenvalue weighted by atomic mass is 10.1. The number of carbonyl (C=O) groups excluding carboxylic acids is 1. The fourth-order valence-corrected chi connectivity index (χ4v) is 5.24. The Morgan fingerprint density at radius 1 is 1.14 bits per heavy atom. The Kier molecular flexibility index (Phi) is 8.70. The van der Waals surface area contributed by atoms with Crippen molar-refractivity contribution in [3.8, 4) is 5.75 Å². The zero-order chi connectivity index (χ0) is 25.8. The second kappa shape index (κ2) is 11.3. The number of nitrogens with one attached hydrogen (secondary N) is 1. The number of rotatable bonds is 9. The van der Waals surface area contributed by atoms with E-state index >= 15 is 0 Å². The first-order valence-electron chi connectivity index (χ1n) is 10.9. The predicted molar refractivity (Wildman–Crippen MR) is 127 cm³/mol. The summed E-state index contributed by atoms with van der Waals surface area (Å²) < 4.78 is 45.7. The molecule has 2 aromatic rings. The predicted octanol–water partition coefficient (Wildman–Crippen LogP) is 2.34. The number of halogens is 2. The van der Waals surface area contributed by atoms with Crippen LogP contribution in [0.15, 0.2) is 47.4 Å². The number of carboxylic acids is 1. The molecule has 1 saturated heterocycles. The molecule has 1 aliphatic rings. The molecule has 0 aliphatic carbocycles. The van der Waals surface area contributed by atoms with E-state index in [1.165, 1.54) is 24.3 Å². The quantitative estimate of drug-likeness (QED) is 0.514. The van der Waals surface area contributed by atoms with Gasteiger partial charge in [-0.25, -0.2) is 12.8 Å². The van der Waals surface area contributed by atoms with Crippen molar-refractivity contribution in [1.82, 2.24) is 14.5 Å². The SMILES string of the molecule is CC1CN(C(=O)COc2ccc(Cl)cc2S(=O)(=O)NCC(=O)O)C(C)CN1Cc1ccc(F)cc1. The van der Waals surface area contributed by atoms with Crippen molar-refractivity contribution in [3.63, 3.8) is 0 Å². The smallest absolute Gasteiger partial charge is 0.318 e. The summed E-state index contributed by atoms with van der Waals surface area (Å²) in [5.74, 6) is -2.08. The molecule has 2 atom stereocenters. The maximum Gasteiger partial charge on any atom is 0.318 e. The number of ether oxygens (including phenoxy) is 1. The van der Waals surface area contributed by atoms with E-state index in [4.69, 9.17) is 21.4 Å². The number of hydrogen-bond acceptors (Lipinski definition) is 6. The summed E-state index contributed by atoms with van der Waals surface area (Å²) in [6, 6.07) is 10.1. The highest BCUT2D eigenvalue weighted by molar-refractivity contribution is 7.89. The first kappa shape index (κ1) is 26.9. The van der Waals surface area contributed by atoms with Crippen LogP contribution in [0.3, 0.4) is 0 Å². The molecule has 1 aliphatic heterocycles. The summed E-state index contributed by atoms with van der Waals surface area (Å²) in [5.41, 5.74) is 0.974. The first-order chi connectivity index (χ1) is 16.5. The van der Waals surface area contributed by atoms with Crippen LogP contribution in [-0.2, 0) is 26.2 Å². The number of carbonyl (C=O) groups is 2. The molecule has 1 amide bonds. The van der Waals surface area contributed by atoms with Gasteiger partial charge in [0, 0.05) is 36.7 Å². The maximum atomic E-state index is 13.2. The molecular weight excluding hydrogens is 501 g/mol. The summed E-state index contributed by atoms with van der Waals surface area (Å²) in [6.07, 6.45) is 0. The summed E-state index contributed by atoms with van der Waals surface area (Å²) >= 11 is 5.92. The minimum absolute atomic E-state index is 0.0342. The Balaban J connectivity index is 1.65. The van der Waals surface area contributed by atoms with Gasteiger partial charge in [0.05, 0.1) is 0 Å². The molecule has 9 nitrogen and oxygen atoms in total. The fraction of sp³-hybridized carbons (Fsp3) is 0.391. The number of amides is 1. The molecule has 3 rings (SSSR count). The molecular formula is C23H27ClFN3O6S. The first-order valence-corrected chi connectivity index (χ1v) is 12.7. The largest absolute Gasteiger partial charge is 0.482 e. The van der Waals surface area contributed by atoms with Gasteiger partial charge in [0.15, 0.2) is 6.61 Å². The highest BCUT2D eigenvalue weighted by Crippen LogP contribution is 2.27. The molecule has 12 heteroatoms. The lowest BCUT2D eigenvalue weighted by molar-refractivity contribution is -0.139. The Hall–Kier alpha value is -2.73. The second-order valence-corrected chi connectivity index (χ2v) is 10.6. The molecule has 1 heterocycles. The average Bonchev–Trinajstić information content (AvgIpc) is 2.80. The fourth-order valence-electron chi connectivity index (χ4n) is 3.86. The van der Waals surface area contributed by atoms with E-state index in [2.05, 4.69) is 4.90 Å². The van der Waals surface area contributed by atoms with Crippen molar-refractivity contribution in [2.24, 2.45) is 0 Å². The molecule has 0 radical (unpaired) electrons. The van der Waals surface area contributed by atoms with Gasteiger partial charge in [0.25, 0.3) is 5.91 Å². The van der Waals surface area contributed by atoms with E-state index in [-0.39, 0.29) is 39.5 Å². The zero-order valence-electron chi connectivity index (χ0n) is 19.3. The van der Waals surface area contributed by atoms with Gasteiger partial charge in [-0.2, -0.15) is 4.72 Å². The molecule has 0 spiro atoms. The van der Waals surface area contributed by atoms with E-state index in [0.29, 0.717) is 19.6 Å². The Bertz CT molecular complexity index is 1180. The Morgan fingerprint density at radius 3 is 2.49 bits per heavy atom. The molecule has 2 aromatic carbocycles. The number of carboxylic acid groups (broad SMARTS) is 1. The van der Waals surface area contributed by atoms with Gasteiger partial charge in [-0.15, -0.1) is 0 Å². The van der Waals surface area contributed by atoms with Crippen molar-refractivity contribution >= 4 is 33.5 Å². The van der Waals surface area contributed by atoms with Crippen molar-refractivity contribution in [2.75, 3.05) is 26.2 Å². The molecule has 1 fully saturated rings. The van der Waals surface area contributed by atoms with Gasteiger partial charge in [-0.05, 0) is 49.7 Å². The van der Waals surface area contributed by atoms with Crippen LogP contribution in [0.4, 0.5) is 4.39 Å². The van der Waals surface area contributed by atoms with E-state index in [0.717, 1.165) is 11.6 Å². The van der Waals surface area contributed by atoms with Crippen molar-refractivity contribution in [2.45, 2.75) is 37.4 Å². The van der Waals surface area contributed by atoms with E-state index in [1.807, 2.05) is 18.6 Å². The molecule has 0 bridgehead atoms. The third-order valence-corrected chi connectivity index (χ3v) is 7.35. The van der Waals surface area contributed by atoms with E-state index in [9.17, 15) is 22.4 Å². The van der Waals surface area contributed by atoms with Crippen molar-refractivity contribution < 1.29 is 32.2 Å². The summed E-state index contributed by atoms with van der Waals surface area (Å²) in [7, 11) is -4.24. The summed E-state index contributed by atoms with van der Waals surface area (Å²) in [6.45, 7) is 4.35. The minimum atomic E-state index is -4.24. The maximum absolute atomic E-state index is 13.2. The highest BCUT2D eigenvalue weighted by Gasteiger charge is 2.32. The van der Waals surface area contributed by atoms with Crippen LogP contribution >= 0.6 is 11.6 Å². The van der Waals surface area contributed by atoms with Crippen LogP contribution < -0.4 is 9.46 Å². The molecule has 0 aromatic heterocycles. The van der Waals surface area contributed by atoms with Crippen LogP contribution in [0.1, 0.15) is 19.4 Å². The molecule has 35 heavy (non-hydrogen) atoms. The normalized spacial score (nSPS) is 18.9. The van der Waals surface area contributed by atoms with Gasteiger partial charge < -0.3 is 14.7 Å². The average molecular weight is 528 g/mol. The molecule has 2 N–H and O–H groups in total. The van der Waals surface area contributed by atoms with E-state index in [1.54, 1.807) is 17.0 Å². The minimum Gasteiger partial charge on any atom is -0.482 e. The monoisotopic (exact) mass is 527 g/mol. The molecule has 2 unspecified atom stereocenters. The van der Waals surface area contributed by atoms with Crippen LogP contribution in [-0.4, -0.2) is 73.5 Å². The number of nitrogens with zero attached hydrogens (tertiary/aromatic N) is 2. The van der Waals surface area contributed by atoms with Crippen molar-refractivity contribution in [1.29, 1.82) is 0 Å². The summed E-state index contributed by atoms with van der Waals surface area (Å²) in [5, 5.41) is 8.88. The lowest BCUT2D eigenvalue weighted by Gasteiger charge is -2.44. The number of sulfonamides is 1. The summed E-state index contributed by atoms with van der Waals surface area (Å²) in [4.78, 5) is 27.2. The number of hydrogen-bond donors (Lipinski definition) is 2. The third-order valence-electron chi connectivity index (χ3n) is 5.69. The molecule has 0 saturated carbocycles. The van der Waals surface area contributed by atoms with Crippen LogP contribution in [0.5, 0.6) is 5.75 Å². The van der Waals surface area contributed by atoms with Gasteiger partial charge in [-0.3, -0.25) is 14.5 Å². The van der Waals surface area contributed by atoms with Gasteiger partial charge >= 0.3 is 5.97 Å². The Morgan fingerprint density at radius 2 is 1.83 bits per heavy atom. The van der Waals surface area contributed by atoms with Crippen LogP contribution in [0.2, 0.25) is 5.02 Å². The topological polar surface area (TPSA) is 116 Å². The molecule has 190 valence electrons. The highest BCUT2D eigenvalue weighted by atomic mass is 35.5. The van der Waals surface area contributed by atoms with Crippen molar-refractivity contribution in [3.05, 3.63) is 58.9 Å². The van der Waals surface area contributed by atoms with Crippen LogP contribution in [0, 0.1) is 5.82 Å². The number of piperazine rings is 1. The van der Waals surface area contributed by atoms with Gasteiger partial charge in [0.1, 0.15) is 23.0 Å². The number of aliphatic carboxylic acids is 1. The Labute approximate surface area is 208 Å².